The Labute approximate surface area is 171 Å². The topological polar surface area (TPSA) is 93.2 Å². The SMILES string of the molecule is c1ccc(-n2ncc3c(N4CCN(c5ccc6nncn6n5)CC4)ncnc32)cc1. The number of nitrogens with zero attached hydrogens (tertiary/aromatic N) is 10. The molecule has 1 saturated heterocycles. The molecule has 148 valence electrons. The fraction of sp³-hybridized carbons (Fsp3) is 0.200. The van der Waals surface area contributed by atoms with Gasteiger partial charge < -0.3 is 9.80 Å². The van der Waals surface area contributed by atoms with Crippen LogP contribution in [0.4, 0.5) is 11.6 Å². The molecule has 1 aliphatic rings. The second kappa shape index (κ2) is 6.76. The monoisotopic (exact) mass is 398 g/mol. The lowest BCUT2D eigenvalue weighted by Crippen LogP contribution is -2.47. The van der Waals surface area contributed by atoms with Gasteiger partial charge in [-0.1, -0.05) is 18.2 Å². The molecule has 0 amide bonds. The zero-order valence-electron chi connectivity index (χ0n) is 16.1. The van der Waals surface area contributed by atoms with Crippen molar-refractivity contribution in [1.82, 2.24) is 39.6 Å². The molecule has 10 nitrogen and oxygen atoms in total. The van der Waals surface area contributed by atoms with Crippen molar-refractivity contribution >= 4 is 28.3 Å². The van der Waals surface area contributed by atoms with Crippen LogP contribution >= 0.6 is 0 Å². The van der Waals surface area contributed by atoms with Gasteiger partial charge in [-0.25, -0.2) is 14.6 Å². The minimum Gasteiger partial charge on any atom is -0.352 e. The van der Waals surface area contributed by atoms with Crippen molar-refractivity contribution in [2.24, 2.45) is 0 Å². The highest BCUT2D eigenvalue weighted by Gasteiger charge is 2.22. The summed E-state index contributed by atoms with van der Waals surface area (Å²) in [6, 6.07) is 14.0. The van der Waals surface area contributed by atoms with Crippen molar-refractivity contribution in [3.05, 3.63) is 61.3 Å². The Bertz CT molecular complexity index is 1320. The first-order valence-corrected chi connectivity index (χ1v) is 9.78. The Morgan fingerprint density at radius 1 is 0.833 bits per heavy atom. The lowest BCUT2D eigenvalue weighted by Gasteiger charge is -2.36. The minimum atomic E-state index is 0.746. The molecular formula is C20H18N10. The molecule has 0 saturated carbocycles. The largest absolute Gasteiger partial charge is 0.352 e. The van der Waals surface area contributed by atoms with Gasteiger partial charge in [0.2, 0.25) is 0 Å². The number of piperazine rings is 1. The molecule has 1 fully saturated rings. The Hall–Kier alpha value is -4.08. The molecule has 0 N–H and O–H groups in total. The number of benzene rings is 1. The van der Waals surface area contributed by atoms with Gasteiger partial charge in [0.1, 0.15) is 24.3 Å². The van der Waals surface area contributed by atoms with Crippen LogP contribution in [0.1, 0.15) is 0 Å². The number of rotatable bonds is 3. The van der Waals surface area contributed by atoms with E-state index in [1.165, 1.54) is 0 Å². The van der Waals surface area contributed by atoms with Gasteiger partial charge in [-0.05, 0) is 24.3 Å². The van der Waals surface area contributed by atoms with Gasteiger partial charge in [-0.3, -0.25) is 0 Å². The Kier molecular flexibility index (Phi) is 3.79. The van der Waals surface area contributed by atoms with Crippen LogP contribution in [-0.4, -0.2) is 65.7 Å². The molecule has 0 atom stereocenters. The summed E-state index contributed by atoms with van der Waals surface area (Å²) in [5.41, 5.74) is 2.54. The van der Waals surface area contributed by atoms with Crippen molar-refractivity contribution in [2.45, 2.75) is 0 Å². The van der Waals surface area contributed by atoms with Crippen LogP contribution in [-0.2, 0) is 0 Å². The van der Waals surface area contributed by atoms with Crippen LogP contribution in [0.25, 0.3) is 22.4 Å². The van der Waals surface area contributed by atoms with E-state index in [1.54, 1.807) is 17.2 Å². The molecule has 5 heterocycles. The Morgan fingerprint density at radius 3 is 2.53 bits per heavy atom. The minimum absolute atomic E-state index is 0.746. The first-order chi connectivity index (χ1) is 14.9. The summed E-state index contributed by atoms with van der Waals surface area (Å²) in [5.74, 6) is 1.84. The van der Waals surface area contributed by atoms with E-state index in [-0.39, 0.29) is 0 Å². The second-order valence-corrected chi connectivity index (χ2v) is 7.13. The van der Waals surface area contributed by atoms with Gasteiger partial charge in [-0.2, -0.15) is 9.61 Å². The van der Waals surface area contributed by atoms with Crippen LogP contribution in [0.5, 0.6) is 0 Å². The molecule has 0 aliphatic carbocycles. The van der Waals surface area contributed by atoms with E-state index >= 15 is 0 Å². The molecule has 5 aromatic rings. The molecule has 1 aromatic carbocycles. The average Bonchev–Trinajstić information content (AvgIpc) is 3.46. The molecule has 0 unspecified atom stereocenters. The van der Waals surface area contributed by atoms with E-state index in [4.69, 9.17) is 0 Å². The Morgan fingerprint density at radius 2 is 1.67 bits per heavy atom. The van der Waals surface area contributed by atoms with E-state index in [2.05, 4.69) is 40.2 Å². The number of anilines is 2. The second-order valence-electron chi connectivity index (χ2n) is 7.13. The zero-order valence-corrected chi connectivity index (χ0v) is 16.1. The zero-order chi connectivity index (χ0) is 19.9. The molecule has 0 radical (unpaired) electrons. The summed E-state index contributed by atoms with van der Waals surface area (Å²) in [6.45, 7) is 3.37. The predicted octanol–water partition coefficient (Wildman–Crippen LogP) is 1.58. The van der Waals surface area contributed by atoms with Crippen LogP contribution in [0.3, 0.4) is 0 Å². The van der Waals surface area contributed by atoms with Gasteiger partial charge in [0, 0.05) is 26.2 Å². The molecule has 4 aromatic heterocycles. The molecular weight excluding hydrogens is 380 g/mol. The first-order valence-electron chi connectivity index (χ1n) is 9.78. The summed E-state index contributed by atoms with van der Waals surface area (Å²) in [4.78, 5) is 13.6. The molecule has 6 rings (SSSR count). The molecule has 1 aliphatic heterocycles. The van der Waals surface area contributed by atoms with Crippen molar-refractivity contribution in [1.29, 1.82) is 0 Å². The van der Waals surface area contributed by atoms with Crippen LogP contribution < -0.4 is 9.80 Å². The lowest BCUT2D eigenvalue weighted by atomic mass is 10.2. The van der Waals surface area contributed by atoms with Gasteiger partial charge in [0.25, 0.3) is 0 Å². The van der Waals surface area contributed by atoms with Gasteiger partial charge in [-0.15, -0.1) is 15.3 Å². The van der Waals surface area contributed by atoms with E-state index in [1.807, 2.05) is 53.3 Å². The summed E-state index contributed by atoms with van der Waals surface area (Å²) in [5, 5.41) is 18.0. The summed E-state index contributed by atoms with van der Waals surface area (Å²) >= 11 is 0. The maximum absolute atomic E-state index is 4.60. The maximum atomic E-state index is 4.60. The molecule has 0 bridgehead atoms. The highest BCUT2D eigenvalue weighted by Crippen LogP contribution is 2.26. The van der Waals surface area contributed by atoms with E-state index < -0.39 is 0 Å². The third kappa shape index (κ3) is 2.72. The highest BCUT2D eigenvalue weighted by atomic mass is 15.4. The third-order valence-electron chi connectivity index (χ3n) is 5.40. The number of para-hydroxylation sites is 1. The number of fused-ring (bicyclic) bond motifs is 2. The van der Waals surface area contributed by atoms with Gasteiger partial charge >= 0.3 is 0 Å². The normalized spacial score (nSPS) is 14.7. The number of aromatic nitrogens is 8. The molecule has 30 heavy (non-hydrogen) atoms. The van der Waals surface area contributed by atoms with Gasteiger partial charge in [0.15, 0.2) is 11.3 Å². The standard InChI is InChI=1S/C20H18N10/c1-2-4-15(5-3-1)30-20-16(12-24-30)19(21-13-22-20)28-10-8-27(9-11-28)18-7-6-17-25-23-14-29(17)26-18/h1-7,12-14H,8-11H2. The van der Waals surface area contributed by atoms with Crippen molar-refractivity contribution < 1.29 is 0 Å². The van der Waals surface area contributed by atoms with Crippen LogP contribution in [0.2, 0.25) is 0 Å². The summed E-state index contributed by atoms with van der Waals surface area (Å²) in [6.07, 6.45) is 5.09. The van der Waals surface area contributed by atoms with Crippen molar-refractivity contribution in [3.63, 3.8) is 0 Å². The number of hydrogen-bond acceptors (Lipinski definition) is 8. The Balaban J connectivity index is 1.26. The fourth-order valence-electron chi connectivity index (χ4n) is 3.88. The fourth-order valence-corrected chi connectivity index (χ4v) is 3.88. The van der Waals surface area contributed by atoms with Crippen molar-refractivity contribution in [2.75, 3.05) is 36.0 Å². The average molecular weight is 398 g/mol. The summed E-state index contributed by atoms with van der Waals surface area (Å²) < 4.78 is 3.56. The third-order valence-corrected chi connectivity index (χ3v) is 5.40. The predicted molar refractivity (Wildman–Crippen MR) is 112 cm³/mol. The molecule has 10 heteroatoms. The smallest absolute Gasteiger partial charge is 0.177 e. The lowest BCUT2D eigenvalue weighted by molar-refractivity contribution is 0.637. The molecule has 0 spiro atoms. The van der Waals surface area contributed by atoms with Crippen LogP contribution in [0, 0.1) is 0 Å². The van der Waals surface area contributed by atoms with Crippen molar-refractivity contribution in [3.8, 4) is 5.69 Å². The maximum Gasteiger partial charge on any atom is 0.177 e. The van der Waals surface area contributed by atoms with Gasteiger partial charge in [0.05, 0.1) is 17.3 Å². The number of hydrogen-bond donors (Lipinski definition) is 0. The van der Waals surface area contributed by atoms with E-state index in [0.717, 1.165) is 60.2 Å². The quantitative estimate of drug-likeness (QED) is 0.452. The van der Waals surface area contributed by atoms with Crippen LogP contribution in [0.15, 0.2) is 61.3 Å². The first kappa shape index (κ1) is 16.8. The van der Waals surface area contributed by atoms with E-state index in [0.29, 0.717) is 0 Å². The summed E-state index contributed by atoms with van der Waals surface area (Å²) in [7, 11) is 0. The van der Waals surface area contributed by atoms with E-state index in [9.17, 15) is 0 Å². The highest BCUT2D eigenvalue weighted by molar-refractivity contribution is 5.87.